The van der Waals surface area contributed by atoms with Crippen molar-refractivity contribution >= 4 is 46.1 Å². The van der Waals surface area contributed by atoms with Gasteiger partial charge in [0.15, 0.2) is 10.2 Å². The van der Waals surface area contributed by atoms with E-state index in [1.165, 1.54) is 22.3 Å². The van der Waals surface area contributed by atoms with E-state index < -0.39 is 0 Å². The van der Waals surface area contributed by atoms with Gasteiger partial charge in [0, 0.05) is 0 Å². The van der Waals surface area contributed by atoms with E-state index in [9.17, 15) is 0 Å². The number of rotatable bonds is 4. The summed E-state index contributed by atoms with van der Waals surface area (Å²) >= 11 is 9.58. The summed E-state index contributed by atoms with van der Waals surface area (Å²) in [5.41, 5.74) is 24.8. The predicted octanol–water partition coefficient (Wildman–Crippen LogP) is 2.37. The lowest BCUT2D eigenvalue weighted by Gasteiger charge is -2.06. The number of fused-ring (bicyclic) bond motifs is 3. The molecule has 8 heteroatoms. The highest BCUT2D eigenvalue weighted by Gasteiger charge is 2.19. The number of thiocarbonyl (C=S) groups is 2. The van der Waals surface area contributed by atoms with Crippen molar-refractivity contribution in [1.82, 2.24) is 10.9 Å². The standard InChI is InChI=1S/C19H20N6S2/c1-10(22-24-18(20)26)12-3-5-16-14(7-12)9-15-8-13(4-6-17(15)16)11(2)23-25-19(21)27/h3-8H,9H2,1-2H3,(H3,20,24,26)(H3,21,25,27). The molecule has 0 heterocycles. The molecule has 6 nitrogen and oxygen atoms in total. The Kier molecular flexibility index (Phi) is 5.48. The van der Waals surface area contributed by atoms with Gasteiger partial charge in [-0.3, -0.25) is 10.9 Å². The predicted molar refractivity (Wildman–Crippen MR) is 119 cm³/mol. The van der Waals surface area contributed by atoms with E-state index in [0.29, 0.717) is 0 Å². The summed E-state index contributed by atoms with van der Waals surface area (Å²) in [6, 6.07) is 12.7. The van der Waals surface area contributed by atoms with Crippen LogP contribution in [0.25, 0.3) is 11.1 Å². The van der Waals surface area contributed by atoms with Crippen molar-refractivity contribution < 1.29 is 0 Å². The molecule has 0 unspecified atom stereocenters. The van der Waals surface area contributed by atoms with E-state index in [1.54, 1.807) is 0 Å². The fourth-order valence-electron chi connectivity index (χ4n) is 3.07. The molecule has 1 aliphatic carbocycles. The van der Waals surface area contributed by atoms with Gasteiger partial charge in [0.25, 0.3) is 0 Å². The maximum absolute atomic E-state index is 5.43. The quantitative estimate of drug-likeness (QED) is 0.307. The van der Waals surface area contributed by atoms with Crippen LogP contribution in [0.2, 0.25) is 0 Å². The maximum atomic E-state index is 5.43. The van der Waals surface area contributed by atoms with E-state index in [2.05, 4.69) is 57.5 Å². The zero-order valence-electron chi connectivity index (χ0n) is 15.0. The van der Waals surface area contributed by atoms with Crippen LogP contribution >= 0.6 is 24.4 Å². The Morgan fingerprint density at radius 1 is 0.815 bits per heavy atom. The molecule has 2 aromatic rings. The van der Waals surface area contributed by atoms with Crippen LogP contribution in [0.5, 0.6) is 0 Å². The number of hydrogen-bond acceptors (Lipinski definition) is 4. The van der Waals surface area contributed by atoms with E-state index in [1.807, 2.05) is 13.8 Å². The summed E-state index contributed by atoms with van der Waals surface area (Å²) in [4.78, 5) is 0. The van der Waals surface area contributed by atoms with Gasteiger partial charge in [-0.25, -0.2) is 0 Å². The lowest BCUT2D eigenvalue weighted by atomic mass is 10.0. The molecule has 3 rings (SSSR count). The smallest absolute Gasteiger partial charge is 0.184 e. The topological polar surface area (TPSA) is 101 Å². The first-order chi connectivity index (χ1) is 12.8. The zero-order chi connectivity index (χ0) is 19.6. The second kappa shape index (κ2) is 7.81. The van der Waals surface area contributed by atoms with Crippen LogP contribution in [0.1, 0.15) is 36.1 Å². The number of nitrogens with one attached hydrogen (secondary N) is 2. The van der Waals surface area contributed by atoms with Crippen LogP contribution in [0.4, 0.5) is 0 Å². The minimum absolute atomic E-state index is 0.150. The lowest BCUT2D eigenvalue weighted by Crippen LogP contribution is -2.25. The Balaban J connectivity index is 1.87. The fourth-order valence-corrected chi connectivity index (χ4v) is 3.16. The number of hydrogen-bond donors (Lipinski definition) is 4. The third-order valence-electron chi connectivity index (χ3n) is 4.38. The minimum Gasteiger partial charge on any atom is -0.375 e. The van der Waals surface area contributed by atoms with Gasteiger partial charge in [-0.2, -0.15) is 10.2 Å². The maximum Gasteiger partial charge on any atom is 0.184 e. The van der Waals surface area contributed by atoms with Crippen molar-refractivity contribution in [2.75, 3.05) is 0 Å². The highest BCUT2D eigenvalue weighted by Crippen LogP contribution is 2.37. The molecule has 0 fully saturated rings. The number of benzene rings is 2. The molecular formula is C19H20N6S2. The Hall–Kier alpha value is -2.84. The van der Waals surface area contributed by atoms with Gasteiger partial charge in [0.05, 0.1) is 11.4 Å². The van der Waals surface area contributed by atoms with Gasteiger partial charge in [-0.1, -0.05) is 24.3 Å². The second-order valence-corrected chi connectivity index (χ2v) is 7.15. The van der Waals surface area contributed by atoms with Crippen molar-refractivity contribution in [3.05, 3.63) is 58.7 Å². The molecule has 0 radical (unpaired) electrons. The normalized spacial score (nSPS) is 13.0. The summed E-state index contributed by atoms with van der Waals surface area (Å²) in [7, 11) is 0. The molecule has 0 aromatic heterocycles. The first-order valence-electron chi connectivity index (χ1n) is 8.31. The van der Waals surface area contributed by atoms with E-state index >= 15 is 0 Å². The first-order valence-corrected chi connectivity index (χ1v) is 9.13. The molecule has 138 valence electrons. The molecule has 0 atom stereocenters. The largest absolute Gasteiger partial charge is 0.375 e. The minimum atomic E-state index is 0.150. The molecule has 0 aliphatic heterocycles. The van der Waals surface area contributed by atoms with E-state index in [-0.39, 0.29) is 10.2 Å². The summed E-state index contributed by atoms with van der Waals surface area (Å²) in [6.45, 7) is 3.84. The van der Waals surface area contributed by atoms with Gasteiger partial charge < -0.3 is 11.5 Å². The van der Waals surface area contributed by atoms with Crippen LogP contribution in [0.15, 0.2) is 46.6 Å². The summed E-state index contributed by atoms with van der Waals surface area (Å²) in [6.07, 6.45) is 0.859. The molecule has 0 saturated heterocycles. The molecular weight excluding hydrogens is 376 g/mol. The summed E-state index contributed by atoms with van der Waals surface area (Å²) in [5, 5.41) is 8.70. The molecule has 0 bridgehead atoms. The van der Waals surface area contributed by atoms with Crippen molar-refractivity contribution in [3.8, 4) is 11.1 Å². The van der Waals surface area contributed by atoms with Crippen LogP contribution < -0.4 is 22.3 Å². The highest BCUT2D eigenvalue weighted by molar-refractivity contribution is 7.80. The molecule has 6 N–H and O–H groups in total. The number of nitrogens with zero attached hydrogens (tertiary/aromatic N) is 2. The monoisotopic (exact) mass is 396 g/mol. The third kappa shape index (κ3) is 4.29. The van der Waals surface area contributed by atoms with Gasteiger partial charge in [0.1, 0.15) is 0 Å². The van der Waals surface area contributed by atoms with Crippen molar-refractivity contribution in [2.24, 2.45) is 21.7 Å². The number of nitrogens with two attached hydrogens (primary N) is 2. The molecule has 27 heavy (non-hydrogen) atoms. The van der Waals surface area contributed by atoms with Gasteiger partial charge >= 0.3 is 0 Å². The van der Waals surface area contributed by atoms with Crippen LogP contribution in [-0.2, 0) is 6.42 Å². The highest BCUT2D eigenvalue weighted by atomic mass is 32.1. The van der Waals surface area contributed by atoms with Gasteiger partial charge in [0.2, 0.25) is 0 Å². The second-order valence-electron chi connectivity index (χ2n) is 6.27. The van der Waals surface area contributed by atoms with Crippen LogP contribution in [-0.4, -0.2) is 21.6 Å². The van der Waals surface area contributed by atoms with E-state index in [4.69, 9.17) is 35.9 Å². The molecule has 0 spiro atoms. The molecule has 2 aromatic carbocycles. The van der Waals surface area contributed by atoms with Crippen molar-refractivity contribution in [3.63, 3.8) is 0 Å². The zero-order valence-corrected chi connectivity index (χ0v) is 16.7. The van der Waals surface area contributed by atoms with Crippen molar-refractivity contribution in [2.45, 2.75) is 20.3 Å². The van der Waals surface area contributed by atoms with Gasteiger partial charge in [-0.05, 0) is 90.2 Å². The Bertz CT molecular complexity index is 914. The third-order valence-corrected chi connectivity index (χ3v) is 4.57. The average molecular weight is 397 g/mol. The Morgan fingerprint density at radius 2 is 1.22 bits per heavy atom. The summed E-state index contributed by atoms with van der Waals surface area (Å²) in [5.74, 6) is 0. The average Bonchev–Trinajstić information content (AvgIpc) is 3.00. The van der Waals surface area contributed by atoms with Crippen LogP contribution in [0.3, 0.4) is 0 Å². The summed E-state index contributed by atoms with van der Waals surface area (Å²) < 4.78 is 0. The molecule has 1 aliphatic rings. The van der Waals surface area contributed by atoms with Crippen molar-refractivity contribution in [1.29, 1.82) is 0 Å². The molecule has 0 saturated carbocycles. The number of hydrazone groups is 2. The van der Waals surface area contributed by atoms with Crippen LogP contribution in [0, 0.1) is 0 Å². The Labute approximate surface area is 168 Å². The first kappa shape index (κ1) is 18.9. The van der Waals surface area contributed by atoms with Gasteiger partial charge in [-0.15, -0.1) is 0 Å². The lowest BCUT2D eigenvalue weighted by molar-refractivity contribution is 1.03. The van der Waals surface area contributed by atoms with E-state index in [0.717, 1.165) is 29.0 Å². The fraction of sp³-hybridized carbons (Fsp3) is 0.158. The Morgan fingerprint density at radius 3 is 1.59 bits per heavy atom. The SMILES string of the molecule is CC(=NNC(N)=S)c1ccc2c(c1)Cc1cc(C(C)=NNC(N)=S)ccc1-2. The molecule has 0 amide bonds.